The number of nitrogens with zero attached hydrogens (tertiary/aromatic N) is 2. The van der Waals surface area contributed by atoms with Crippen LogP contribution in [0.5, 0.6) is 0 Å². The van der Waals surface area contributed by atoms with Gasteiger partial charge in [-0.25, -0.2) is 22.8 Å². The van der Waals surface area contributed by atoms with Crippen LogP contribution in [0.2, 0.25) is 5.02 Å². The van der Waals surface area contributed by atoms with Crippen LogP contribution in [0.3, 0.4) is 0 Å². The smallest absolute Gasteiger partial charge is 0.356 e. The minimum absolute atomic E-state index is 0.0587. The molecule has 0 saturated heterocycles. The molecule has 3 rings (SSSR count). The molecule has 0 aliphatic carbocycles. The van der Waals surface area contributed by atoms with Gasteiger partial charge in [0.25, 0.3) is 0 Å². The number of anilines is 1. The third-order valence-electron chi connectivity index (χ3n) is 4.14. The van der Waals surface area contributed by atoms with Crippen LogP contribution in [0, 0.1) is 12.7 Å². The van der Waals surface area contributed by atoms with E-state index >= 15 is 0 Å². The quantitative estimate of drug-likeness (QED) is 0.544. The fourth-order valence-corrected chi connectivity index (χ4v) is 3.82. The van der Waals surface area contributed by atoms with Crippen molar-refractivity contribution in [3.8, 4) is 0 Å². The van der Waals surface area contributed by atoms with Gasteiger partial charge in [-0.2, -0.15) is 13.2 Å². The third-order valence-corrected chi connectivity index (χ3v) is 5.53. The first-order valence-electron chi connectivity index (χ1n) is 8.37. The number of benzene rings is 1. The number of alkyl halides is 3. The van der Waals surface area contributed by atoms with Gasteiger partial charge in [0.2, 0.25) is 0 Å². The first-order valence-corrected chi connectivity index (χ1v) is 10.6. The Balaban J connectivity index is 2.05. The maximum atomic E-state index is 13.6. The van der Waals surface area contributed by atoms with Crippen molar-refractivity contribution in [2.45, 2.75) is 24.2 Å². The molecule has 2 N–H and O–H groups in total. The van der Waals surface area contributed by atoms with Gasteiger partial charge >= 0.3 is 6.18 Å². The summed E-state index contributed by atoms with van der Waals surface area (Å²) in [6.07, 6.45) is -2.89. The molecule has 0 bridgehead atoms. The second-order valence-corrected chi connectivity index (χ2v) is 8.84. The second kappa shape index (κ2) is 7.88. The number of imidazole rings is 1. The molecule has 12 heteroatoms. The van der Waals surface area contributed by atoms with Gasteiger partial charge in [0.1, 0.15) is 23.5 Å². The molecule has 0 aliphatic rings. The normalized spacial score (nSPS) is 13.3. The van der Waals surface area contributed by atoms with Crippen molar-refractivity contribution in [3.63, 3.8) is 0 Å². The van der Waals surface area contributed by atoms with E-state index in [1.807, 2.05) is 0 Å². The van der Waals surface area contributed by atoms with Crippen molar-refractivity contribution in [2.24, 2.45) is 0 Å². The first-order chi connectivity index (χ1) is 13.9. The summed E-state index contributed by atoms with van der Waals surface area (Å²) in [5.74, 6) is -0.472. The Kier molecular flexibility index (Phi) is 5.79. The number of aryl methyl sites for hydroxylation is 1. The van der Waals surface area contributed by atoms with Gasteiger partial charge in [0.15, 0.2) is 14.9 Å². The zero-order chi connectivity index (χ0) is 22.3. The molecule has 0 spiro atoms. The van der Waals surface area contributed by atoms with Crippen molar-refractivity contribution >= 4 is 27.3 Å². The van der Waals surface area contributed by atoms with Crippen molar-refractivity contribution in [3.05, 3.63) is 70.0 Å². The molecule has 1 atom stereocenters. The molecule has 0 aliphatic heterocycles. The van der Waals surface area contributed by atoms with E-state index in [4.69, 9.17) is 11.6 Å². The van der Waals surface area contributed by atoms with E-state index in [0.29, 0.717) is 11.8 Å². The molecule has 3 aromatic rings. The summed E-state index contributed by atoms with van der Waals surface area (Å²) in [5.41, 5.74) is -0.271. The van der Waals surface area contributed by atoms with Crippen molar-refractivity contribution in [1.82, 2.24) is 15.0 Å². The lowest BCUT2D eigenvalue weighted by molar-refractivity contribution is -0.137. The van der Waals surface area contributed by atoms with Crippen LogP contribution >= 0.6 is 11.6 Å². The minimum Gasteiger partial charge on any atom is -0.356 e. The Labute approximate surface area is 174 Å². The maximum Gasteiger partial charge on any atom is 0.417 e. The number of sulfone groups is 1. The molecule has 0 radical (unpaired) electrons. The van der Waals surface area contributed by atoms with Gasteiger partial charge in [-0.05, 0) is 36.8 Å². The number of aromatic amines is 1. The van der Waals surface area contributed by atoms with Crippen LogP contribution in [0.15, 0.2) is 41.6 Å². The number of H-pyrrole nitrogens is 1. The fourth-order valence-electron chi connectivity index (χ4n) is 2.76. The summed E-state index contributed by atoms with van der Waals surface area (Å²) >= 11 is 5.86. The van der Waals surface area contributed by atoms with E-state index in [2.05, 4.69) is 20.3 Å². The fraction of sp³-hybridized carbons (Fsp3) is 0.222. The van der Waals surface area contributed by atoms with Crippen molar-refractivity contribution in [1.29, 1.82) is 0 Å². The Hall–Kier alpha value is -2.66. The number of hydrogen-bond donors (Lipinski definition) is 2. The Morgan fingerprint density at radius 3 is 2.40 bits per heavy atom. The average Bonchev–Trinajstić information content (AvgIpc) is 3.03. The van der Waals surface area contributed by atoms with E-state index in [1.165, 1.54) is 19.1 Å². The second-order valence-electron chi connectivity index (χ2n) is 6.51. The van der Waals surface area contributed by atoms with Gasteiger partial charge < -0.3 is 10.3 Å². The molecule has 1 unspecified atom stereocenters. The van der Waals surface area contributed by atoms with Gasteiger partial charge in [0.05, 0.1) is 16.3 Å². The lowest BCUT2D eigenvalue weighted by Crippen LogP contribution is -2.16. The highest BCUT2D eigenvalue weighted by Gasteiger charge is 2.31. The monoisotopic (exact) mass is 462 g/mol. The molecule has 6 nitrogen and oxygen atoms in total. The molecule has 30 heavy (non-hydrogen) atoms. The highest BCUT2D eigenvalue weighted by atomic mass is 35.5. The molecule has 0 fully saturated rings. The summed E-state index contributed by atoms with van der Waals surface area (Å²) in [6.45, 7) is 1.51. The van der Waals surface area contributed by atoms with E-state index in [-0.39, 0.29) is 27.4 Å². The van der Waals surface area contributed by atoms with Crippen LogP contribution in [0.4, 0.5) is 23.4 Å². The molecule has 2 heterocycles. The molecule has 1 aromatic carbocycles. The summed E-state index contributed by atoms with van der Waals surface area (Å²) in [6, 6.07) is 4.87. The summed E-state index contributed by atoms with van der Waals surface area (Å²) in [4.78, 5) is 10.7. The Morgan fingerprint density at radius 1 is 1.20 bits per heavy atom. The standard InChI is InChI=1S/C18H15ClF4N4O2S/c1-9-17(30(2,28)29)27-16(25-9)15(10-3-5-13(20)12(19)7-10)26-14-6-4-11(8-24-14)18(21,22)23/h3-8,15H,1-2H3,(H,24,26)(H,25,27). The summed E-state index contributed by atoms with van der Waals surface area (Å²) in [5, 5.41) is 2.51. The molecule has 160 valence electrons. The SMILES string of the molecule is Cc1[nH]c(C(Nc2ccc(C(F)(F)F)cn2)c2ccc(F)c(Cl)c2)nc1S(C)(=O)=O. The lowest BCUT2D eigenvalue weighted by atomic mass is 10.1. The lowest BCUT2D eigenvalue weighted by Gasteiger charge is -2.19. The topological polar surface area (TPSA) is 87.7 Å². The zero-order valence-electron chi connectivity index (χ0n) is 15.6. The van der Waals surface area contributed by atoms with Crippen LogP contribution in [-0.4, -0.2) is 29.6 Å². The Bertz CT molecular complexity index is 1180. The number of pyridine rings is 1. The van der Waals surface area contributed by atoms with Gasteiger partial charge in [-0.3, -0.25) is 0 Å². The highest BCUT2D eigenvalue weighted by Crippen LogP contribution is 2.31. The predicted octanol–water partition coefficient (Wildman–Crippen LogP) is 4.53. The Morgan fingerprint density at radius 2 is 1.90 bits per heavy atom. The largest absolute Gasteiger partial charge is 0.417 e. The first kappa shape index (κ1) is 22.0. The van der Waals surface area contributed by atoms with Gasteiger partial charge in [-0.1, -0.05) is 17.7 Å². The average molecular weight is 463 g/mol. The van der Waals surface area contributed by atoms with Crippen LogP contribution < -0.4 is 5.32 Å². The molecular weight excluding hydrogens is 448 g/mol. The van der Waals surface area contributed by atoms with Crippen molar-refractivity contribution < 1.29 is 26.0 Å². The molecule has 2 aromatic heterocycles. The minimum atomic E-state index is -4.54. The van der Waals surface area contributed by atoms with Crippen LogP contribution in [0.25, 0.3) is 0 Å². The van der Waals surface area contributed by atoms with Crippen LogP contribution in [0.1, 0.15) is 28.7 Å². The molecular formula is C18H15ClF4N4O2S. The number of nitrogens with one attached hydrogen (secondary N) is 2. The molecule has 0 saturated carbocycles. The van der Waals surface area contributed by atoms with E-state index < -0.39 is 33.4 Å². The van der Waals surface area contributed by atoms with Crippen LogP contribution in [-0.2, 0) is 16.0 Å². The highest BCUT2D eigenvalue weighted by molar-refractivity contribution is 7.90. The summed E-state index contributed by atoms with van der Waals surface area (Å²) in [7, 11) is -3.63. The van der Waals surface area contributed by atoms with Gasteiger partial charge in [-0.15, -0.1) is 0 Å². The van der Waals surface area contributed by atoms with E-state index in [1.54, 1.807) is 0 Å². The van der Waals surface area contributed by atoms with E-state index in [9.17, 15) is 26.0 Å². The van der Waals surface area contributed by atoms with Gasteiger partial charge in [0, 0.05) is 12.5 Å². The van der Waals surface area contributed by atoms with Crippen molar-refractivity contribution in [2.75, 3.05) is 11.6 Å². The third kappa shape index (κ3) is 4.73. The number of hydrogen-bond acceptors (Lipinski definition) is 5. The van der Waals surface area contributed by atoms with E-state index in [0.717, 1.165) is 24.5 Å². The maximum absolute atomic E-state index is 13.6. The number of aromatic nitrogens is 3. The predicted molar refractivity (Wildman–Crippen MR) is 103 cm³/mol. The molecule has 0 amide bonds. The number of rotatable bonds is 5. The summed E-state index contributed by atoms with van der Waals surface area (Å²) < 4.78 is 75.8. The number of halogens is 5. The zero-order valence-corrected chi connectivity index (χ0v) is 17.1.